The first-order valence-corrected chi connectivity index (χ1v) is 9.20. The van der Waals surface area contributed by atoms with E-state index in [-0.39, 0.29) is 4.90 Å². The van der Waals surface area contributed by atoms with E-state index in [0.717, 1.165) is 23.1 Å². The third kappa shape index (κ3) is 2.40. The second-order valence-electron chi connectivity index (χ2n) is 5.88. The zero-order chi connectivity index (χ0) is 17.5. The molecule has 0 aliphatic carbocycles. The molecule has 1 aromatic heterocycles. The van der Waals surface area contributed by atoms with Crippen molar-refractivity contribution >= 4 is 20.9 Å². The maximum atomic E-state index is 13.0. The van der Waals surface area contributed by atoms with E-state index < -0.39 is 10.0 Å². The van der Waals surface area contributed by atoms with Crippen LogP contribution in [0.15, 0.2) is 47.5 Å². The summed E-state index contributed by atoms with van der Waals surface area (Å²) in [5.74, 6) is 0. The minimum atomic E-state index is -3.70. The number of hydrogen-bond donors (Lipinski definition) is 0. The first kappa shape index (κ1) is 16.3. The molecule has 0 bridgehead atoms. The van der Waals surface area contributed by atoms with Gasteiger partial charge in [-0.3, -0.25) is 0 Å². The summed E-state index contributed by atoms with van der Waals surface area (Å²) in [6.07, 6.45) is 2.27. The fourth-order valence-corrected chi connectivity index (χ4v) is 4.42. The molecule has 0 radical (unpaired) electrons. The lowest BCUT2D eigenvalue weighted by Gasteiger charge is -2.11. The van der Waals surface area contributed by atoms with Gasteiger partial charge in [-0.15, -0.1) is 0 Å². The van der Waals surface area contributed by atoms with Crippen molar-refractivity contribution in [3.63, 3.8) is 0 Å². The van der Waals surface area contributed by atoms with Gasteiger partial charge in [0.05, 0.1) is 16.0 Å². The number of rotatable bonds is 3. The van der Waals surface area contributed by atoms with Crippen LogP contribution in [-0.2, 0) is 16.4 Å². The van der Waals surface area contributed by atoms with Crippen LogP contribution in [0.2, 0.25) is 0 Å². The monoisotopic (exact) mass is 338 g/mol. The molecule has 2 aromatic carbocycles. The molecule has 4 nitrogen and oxygen atoms in total. The summed E-state index contributed by atoms with van der Waals surface area (Å²) in [6, 6.07) is 12.6. The second-order valence-corrected chi connectivity index (χ2v) is 7.70. The van der Waals surface area contributed by atoms with Crippen LogP contribution in [-0.4, -0.2) is 12.4 Å². The van der Waals surface area contributed by atoms with Gasteiger partial charge in [-0.25, -0.2) is 12.4 Å². The van der Waals surface area contributed by atoms with Gasteiger partial charge in [-0.2, -0.15) is 5.26 Å². The largest absolute Gasteiger partial charge is 0.268 e. The number of aryl methyl sites for hydroxylation is 3. The van der Waals surface area contributed by atoms with Crippen molar-refractivity contribution in [1.29, 1.82) is 5.26 Å². The maximum absolute atomic E-state index is 13.0. The van der Waals surface area contributed by atoms with Crippen LogP contribution in [0, 0.1) is 25.2 Å². The number of nitriles is 1. The van der Waals surface area contributed by atoms with Crippen molar-refractivity contribution in [2.75, 3.05) is 0 Å². The van der Waals surface area contributed by atoms with Gasteiger partial charge in [-0.1, -0.05) is 30.7 Å². The molecule has 0 fully saturated rings. The first-order valence-electron chi connectivity index (χ1n) is 7.76. The minimum Gasteiger partial charge on any atom is -0.241 e. The number of nitrogens with zero attached hydrogens (tertiary/aromatic N) is 2. The molecular weight excluding hydrogens is 320 g/mol. The molecule has 122 valence electrons. The van der Waals surface area contributed by atoms with Crippen molar-refractivity contribution < 1.29 is 8.42 Å². The molecule has 3 aromatic rings. The van der Waals surface area contributed by atoms with Crippen molar-refractivity contribution in [2.45, 2.75) is 32.1 Å². The fourth-order valence-electron chi connectivity index (χ4n) is 3.01. The lowest BCUT2D eigenvalue weighted by molar-refractivity contribution is 0.589. The summed E-state index contributed by atoms with van der Waals surface area (Å²) in [4.78, 5) is 0.239. The molecule has 0 spiro atoms. The Balaban J connectivity index is 2.32. The lowest BCUT2D eigenvalue weighted by Crippen LogP contribution is -2.12. The third-order valence-corrected chi connectivity index (χ3v) is 5.97. The number of fused-ring (bicyclic) bond motifs is 1. The molecule has 1 heterocycles. The van der Waals surface area contributed by atoms with Crippen LogP contribution in [0.25, 0.3) is 10.9 Å². The number of aromatic nitrogens is 1. The average molecular weight is 338 g/mol. The Hall–Kier alpha value is -2.58. The fraction of sp³-hybridized carbons (Fsp3) is 0.211. The molecule has 0 amide bonds. The normalized spacial score (nSPS) is 11.6. The Bertz CT molecular complexity index is 1070. The molecule has 3 rings (SSSR count). The van der Waals surface area contributed by atoms with Gasteiger partial charge >= 0.3 is 0 Å². The van der Waals surface area contributed by atoms with Crippen molar-refractivity contribution in [2.24, 2.45) is 0 Å². The molecule has 0 saturated heterocycles. The average Bonchev–Trinajstić information content (AvgIpc) is 3.01. The SMILES string of the molecule is CCc1cc(C)c2c(ccn2S(=O)(=O)c2ccc(C)cc2)c1C#N. The molecule has 0 unspecified atom stereocenters. The first-order chi connectivity index (χ1) is 11.4. The minimum absolute atomic E-state index is 0.239. The molecule has 0 aliphatic heterocycles. The predicted octanol–water partition coefficient (Wildman–Crippen LogP) is 3.93. The van der Waals surface area contributed by atoms with Crippen LogP contribution in [0.1, 0.15) is 29.2 Å². The Kier molecular flexibility index (Phi) is 3.94. The van der Waals surface area contributed by atoms with Crippen LogP contribution >= 0.6 is 0 Å². The third-order valence-electron chi connectivity index (χ3n) is 4.28. The van der Waals surface area contributed by atoms with Gasteiger partial charge in [-0.05, 0) is 49.6 Å². The smallest absolute Gasteiger partial charge is 0.241 e. The van der Waals surface area contributed by atoms with E-state index in [1.165, 1.54) is 10.2 Å². The van der Waals surface area contributed by atoms with Gasteiger partial charge in [0, 0.05) is 11.6 Å². The molecular formula is C19H18N2O2S. The molecule has 5 heteroatoms. The quantitative estimate of drug-likeness (QED) is 0.727. The van der Waals surface area contributed by atoms with Gasteiger partial charge in [0.2, 0.25) is 0 Å². The Morgan fingerprint density at radius 2 is 1.79 bits per heavy atom. The van der Waals surface area contributed by atoms with Crippen molar-refractivity contribution in [1.82, 2.24) is 3.97 Å². The van der Waals surface area contributed by atoms with E-state index in [9.17, 15) is 13.7 Å². The Morgan fingerprint density at radius 3 is 2.38 bits per heavy atom. The van der Waals surface area contributed by atoms with E-state index in [2.05, 4.69) is 6.07 Å². The summed E-state index contributed by atoms with van der Waals surface area (Å²) in [6.45, 7) is 5.78. The molecule has 0 saturated carbocycles. The highest BCUT2D eigenvalue weighted by atomic mass is 32.2. The molecule has 0 N–H and O–H groups in total. The Morgan fingerprint density at radius 1 is 1.12 bits per heavy atom. The van der Waals surface area contributed by atoms with Crippen LogP contribution in [0.4, 0.5) is 0 Å². The van der Waals surface area contributed by atoms with E-state index >= 15 is 0 Å². The second kappa shape index (κ2) is 5.81. The summed E-state index contributed by atoms with van der Waals surface area (Å²) < 4.78 is 27.3. The van der Waals surface area contributed by atoms with E-state index in [4.69, 9.17) is 0 Å². The predicted molar refractivity (Wildman–Crippen MR) is 94.5 cm³/mol. The summed E-state index contributed by atoms with van der Waals surface area (Å²) in [5, 5.41) is 10.2. The van der Waals surface area contributed by atoms with Crippen LogP contribution < -0.4 is 0 Å². The van der Waals surface area contributed by atoms with Gasteiger partial charge in [0.1, 0.15) is 6.07 Å². The highest BCUT2D eigenvalue weighted by Crippen LogP contribution is 2.30. The molecule has 24 heavy (non-hydrogen) atoms. The summed E-state index contributed by atoms with van der Waals surface area (Å²) in [7, 11) is -3.70. The van der Waals surface area contributed by atoms with E-state index in [1.54, 1.807) is 30.3 Å². The zero-order valence-corrected chi connectivity index (χ0v) is 14.7. The van der Waals surface area contributed by atoms with Crippen LogP contribution in [0.3, 0.4) is 0 Å². The highest BCUT2D eigenvalue weighted by molar-refractivity contribution is 7.90. The summed E-state index contributed by atoms with van der Waals surface area (Å²) >= 11 is 0. The van der Waals surface area contributed by atoms with Gasteiger partial charge < -0.3 is 0 Å². The number of hydrogen-bond acceptors (Lipinski definition) is 3. The summed E-state index contributed by atoms with van der Waals surface area (Å²) in [5.41, 5.74) is 3.91. The van der Waals surface area contributed by atoms with Crippen LogP contribution in [0.5, 0.6) is 0 Å². The van der Waals surface area contributed by atoms with Gasteiger partial charge in [0.25, 0.3) is 10.0 Å². The van der Waals surface area contributed by atoms with Crippen molar-refractivity contribution in [3.8, 4) is 6.07 Å². The van der Waals surface area contributed by atoms with E-state index in [1.807, 2.05) is 26.8 Å². The standard InChI is InChI=1S/C19H18N2O2S/c1-4-15-11-14(3)19-17(18(15)12-20)9-10-21(19)24(22,23)16-7-5-13(2)6-8-16/h5-11H,4H2,1-3H3. The Labute approximate surface area is 142 Å². The lowest BCUT2D eigenvalue weighted by atomic mass is 9.99. The van der Waals surface area contributed by atoms with Gasteiger partial charge in [0.15, 0.2) is 0 Å². The highest BCUT2D eigenvalue weighted by Gasteiger charge is 2.22. The number of benzene rings is 2. The maximum Gasteiger partial charge on any atom is 0.268 e. The topological polar surface area (TPSA) is 62.9 Å². The molecule has 0 atom stereocenters. The van der Waals surface area contributed by atoms with E-state index in [0.29, 0.717) is 16.5 Å². The molecule has 0 aliphatic rings. The zero-order valence-electron chi connectivity index (χ0n) is 13.9. The van der Waals surface area contributed by atoms with Crippen molar-refractivity contribution in [3.05, 3.63) is 64.8 Å².